The lowest BCUT2D eigenvalue weighted by atomic mass is 10.3. The molecule has 1 saturated heterocycles. The number of hydrogen-bond donors (Lipinski definition) is 1. The highest BCUT2D eigenvalue weighted by molar-refractivity contribution is 8.00. The van der Waals surface area contributed by atoms with E-state index in [0.717, 1.165) is 0 Å². The van der Waals surface area contributed by atoms with Crippen LogP contribution in [0.5, 0.6) is 0 Å². The normalized spacial score (nSPS) is 31.3. The van der Waals surface area contributed by atoms with Crippen LogP contribution in [0, 0.1) is 0 Å². The van der Waals surface area contributed by atoms with Gasteiger partial charge in [0.1, 0.15) is 0 Å². The molecule has 1 aliphatic rings. The third kappa shape index (κ3) is 1.35. The lowest BCUT2D eigenvalue weighted by Gasteiger charge is -1.98. The smallest absolute Gasteiger partial charge is 0.0550 e. The monoisotopic (exact) mass is 118 g/mol. The molecule has 42 valence electrons. The van der Waals surface area contributed by atoms with Crippen molar-refractivity contribution in [3.63, 3.8) is 0 Å². The minimum atomic E-state index is 0.380. The van der Waals surface area contributed by atoms with Crippen molar-refractivity contribution in [2.24, 2.45) is 0 Å². The molecule has 1 heterocycles. The van der Waals surface area contributed by atoms with E-state index in [9.17, 15) is 0 Å². The molecule has 1 unspecified atom stereocenters. The number of aliphatic hydroxyl groups is 1. The Kier molecular flexibility index (Phi) is 2.00. The van der Waals surface area contributed by atoms with Crippen LogP contribution in [0.15, 0.2) is 0 Å². The van der Waals surface area contributed by atoms with Gasteiger partial charge in [0, 0.05) is 5.25 Å². The molecule has 0 aliphatic carbocycles. The van der Waals surface area contributed by atoms with Crippen LogP contribution in [0.4, 0.5) is 0 Å². The third-order valence-electron chi connectivity index (χ3n) is 1.23. The van der Waals surface area contributed by atoms with E-state index in [-0.39, 0.29) is 0 Å². The van der Waals surface area contributed by atoms with Crippen LogP contribution in [0.1, 0.15) is 12.8 Å². The summed E-state index contributed by atoms with van der Waals surface area (Å²) in [5, 5.41) is 9.11. The second-order valence-corrected chi connectivity index (χ2v) is 3.23. The lowest BCUT2D eigenvalue weighted by molar-refractivity contribution is 0.293. The second kappa shape index (κ2) is 2.58. The van der Waals surface area contributed by atoms with E-state index in [1.165, 1.54) is 18.6 Å². The second-order valence-electron chi connectivity index (χ2n) is 1.82. The van der Waals surface area contributed by atoms with Crippen LogP contribution in [0.2, 0.25) is 0 Å². The molecule has 7 heavy (non-hydrogen) atoms. The summed E-state index contributed by atoms with van der Waals surface area (Å²) < 4.78 is 0. The zero-order chi connectivity index (χ0) is 5.11. The number of thioether (sulfide) groups is 1. The summed E-state index contributed by atoms with van der Waals surface area (Å²) in [7, 11) is 0. The fraction of sp³-hybridized carbons (Fsp3) is 1.00. The first kappa shape index (κ1) is 5.45. The van der Waals surface area contributed by atoms with Crippen LogP contribution in [0.25, 0.3) is 0 Å². The van der Waals surface area contributed by atoms with E-state index < -0.39 is 0 Å². The topological polar surface area (TPSA) is 20.2 Å². The van der Waals surface area contributed by atoms with Crippen molar-refractivity contribution >= 4 is 11.8 Å². The minimum Gasteiger partial charge on any atom is -0.395 e. The highest BCUT2D eigenvalue weighted by atomic mass is 32.2. The van der Waals surface area contributed by atoms with Crippen LogP contribution < -0.4 is 0 Å². The SMILES string of the molecule is OCC1CCCS1. The number of rotatable bonds is 1. The molecular weight excluding hydrogens is 108 g/mol. The van der Waals surface area contributed by atoms with Crippen LogP contribution in [-0.2, 0) is 0 Å². The molecule has 1 aliphatic heterocycles. The molecule has 1 nitrogen and oxygen atoms in total. The van der Waals surface area contributed by atoms with E-state index in [1.807, 2.05) is 11.8 Å². The van der Waals surface area contributed by atoms with E-state index in [1.54, 1.807) is 0 Å². The van der Waals surface area contributed by atoms with Crippen LogP contribution in [-0.4, -0.2) is 22.7 Å². The molecule has 2 heteroatoms. The molecule has 0 aromatic carbocycles. The first-order chi connectivity index (χ1) is 3.43. The maximum atomic E-state index is 8.55. The van der Waals surface area contributed by atoms with Gasteiger partial charge in [0.05, 0.1) is 6.61 Å². The number of hydrogen-bond acceptors (Lipinski definition) is 2. The summed E-state index contributed by atoms with van der Waals surface area (Å²) >= 11 is 1.89. The highest BCUT2D eigenvalue weighted by Crippen LogP contribution is 2.24. The molecule has 0 radical (unpaired) electrons. The van der Waals surface area contributed by atoms with E-state index >= 15 is 0 Å². The summed E-state index contributed by atoms with van der Waals surface area (Å²) in [5.74, 6) is 1.26. The minimum absolute atomic E-state index is 0.380. The maximum Gasteiger partial charge on any atom is 0.0550 e. The fourth-order valence-electron chi connectivity index (χ4n) is 0.788. The van der Waals surface area contributed by atoms with Gasteiger partial charge in [-0.15, -0.1) is 0 Å². The van der Waals surface area contributed by atoms with Gasteiger partial charge in [0.2, 0.25) is 0 Å². The highest BCUT2D eigenvalue weighted by Gasteiger charge is 2.12. The molecule has 0 amide bonds. The van der Waals surface area contributed by atoms with E-state index in [4.69, 9.17) is 5.11 Å². The number of aliphatic hydroxyl groups excluding tert-OH is 1. The molecule has 1 rings (SSSR count). The van der Waals surface area contributed by atoms with Crippen molar-refractivity contribution in [2.45, 2.75) is 18.1 Å². The van der Waals surface area contributed by atoms with Gasteiger partial charge in [0.25, 0.3) is 0 Å². The van der Waals surface area contributed by atoms with Gasteiger partial charge in [-0.3, -0.25) is 0 Å². The Labute approximate surface area is 48.1 Å². The summed E-state index contributed by atoms with van der Waals surface area (Å²) in [5.41, 5.74) is 0. The predicted molar refractivity (Wildman–Crippen MR) is 32.6 cm³/mol. The van der Waals surface area contributed by atoms with Gasteiger partial charge in [-0.1, -0.05) is 0 Å². The first-order valence-electron chi connectivity index (χ1n) is 2.66. The summed E-state index contributed by atoms with van der Waals surface area (Å²) in [6.07, 6.45) is 2.52. The van der Waals surface area contributed by atoms with Crippen molar-refractivity contribution in [1.29, 1.82) is 0 Å². The van der Waals surface area contributed by atoms with Crippen molar-refractivity contribution in [3.8, 4) is 0 Å². The fourth-order valence-corrected chi connectivity index (χ4v) is 1.89. The van der Waals surface area contributed by atoms with Crippen molar-refractivity contribution in [3.05, 3.63) is 0 Å². The maximum absolute atomic E-state index is 8.55. The lowest BCUT2D eigenvalue weighted by Crippen LogP contribution is -2.01. The molecule has 0 aromatic rings. The largest absolute Gasteiger partial charge is 0.395 e. The molecule has 0 spiro atoms. The quantitative estimate of drug-likeness (QED) is 0.551. The molecule has 0 saturated carbocycles. The van der Waals surface area contributed by atoms with Crippen molar-refractivity contribution < 1.29 is 5.11 Å². The van der Waals surface area contributed by atoms with Gasteiger partial charge >= 0.3 is 0 Å². The van der Waals surface area contributed by atoms with Gasteiger partial charge in [-0.25, -0.2) is 0 Å². The predicted octanol–water partition coefficient (Wildman–Crippen LogP) is 0.874. The van der Waals surface area contributed by atoms with Gasteiger partial charge in [-0.05, 0) is 18.6 Å². The van der Waals surface area contributed by atoms with Crippen LogP contribution in [0.3, 0.4) is 0 Å². The molecule has 1 atom stereocenters. The van der Waals surface area contributed by atoms with E-state index in [2.05, 4.69) is 0 Å². The average Bonchev–Trinajstić information content (AvgIpc) is 2.14. The van der Waals surface area contributed by atoms with Gasteiger partial charge < -0.3 is 5.11 Å². The molecular formula is C5H10OS. The average molecular weight is 118 g/mol. The third-order valence-corrected chi connectivity index (χ3v) is 2.61. The molecule has 0 bridgehead atoms. The summed E-state index contributed by atoms with van der Waals surface area (Å²) in [4.78, 5) is 0. The van der Waals surface area contributed by atoms with Gasteiger partial charge in [-0.2, -0.15) is 11.8 Å². The Bertz CT molecular complexity index is 50.0. The Morgan fingerprint density at radius 1 is 1.71 bits per heavy atom. The Hall–Kier alpha value is 0.310. The zero-order valence-corrected chi connectivity index (χ0v) is 5.08. The van der Waals surface area contributed by atoms with Gasteiger partial charge in [0.15, 0.2) is 0 Å². The summed E-state index contributed by atoms with van der Waals surface area (Å²) in [6, 6.07) is 0. The van der Waals surface area contributed by atoms with Crippen LogP contribution >= 0.6 is 11.8 Å². The Morgan fingerprint density at radius 3 is 2.86 bits per heavy atom. The molecule has 1 N–H and O–H groups in total. The molecule has 1 fully saturated rings. The molecule has 0 aromatic heterocycles. The van der Waals surface area contributed by atoms with Crippen molar-refractivity contribution in [2.75, 3.05) is 12.4 Å². The summed E-state index contributed by atoms with van der Waals surface area (Å²) in [6.45, 7) is 0.380. The Morgan fingerprint density at radius 2 is 2.57 bits per heavy atom. The van der Waals surface area contributed by atoms with Crippen molar-refractivity contribution in [1.82, 2.24) is 0 Å². The first-order valence-corrected chi connectivity index (χ1v) is 3.71. The zero-order valence-electron chi connectivity index (χ0n) is 4.26. The Balaban J connectivity index is 2.14. The standard InChI is InChI=1S/C5H10OS/c6-4-5-2-1-3-7-5/h5-6H,1-4H2. The van der Waals surface area contributed by atoms with E-state index in [0.29, 0.717) is 11.9 Å².